The molecule has 0 aliphatic carbocycles. The number of methoxy groups -OCH3 is 1. The van der Waals surface area contributed by atoms with E-state index < -0.39 is 16.6 Å². The first kappa shape index (κ1) is 16.4. The Labute approximate surface area is 120 Å². The molecule has 1 aromatic rings. The number of carbonyl (C=O) groups excluding carboxylic acids is 1. The van der Waals surface area contributed by atoms with Crippen molar-refractivity contribution in [3.05, 3.63) is 33.9 Å². The maximum absolute atomic E-state index is 11.5. The zero-order valence-corrected chi connectivity index (χ0v) is 11.3. The Morgan fingerprint density at radius 3 is 2.71 bits per heavy atom. The number of benzene rings is 1. The van der Waals surface area contributed by atoms with E-state index in [2.05, 4.69) is 10.6 Å². The van der Waals surface area contributed by atoms with Gasteiger partial charge in [-0.15, -0.1) is 0 Å². The Bertz CT molecular complexity index is 546. The summed E-state index contributed by atoms with van der Waals surface area (Å²) < 4.78 is 4.76. The lowest BCUT2D eigenvalue weighted by atomic mass is 10.1. The molecule has 114 valence electrons. The van der Waals surface area contributed by atoms with Crippen LogP contribution in [0.3, 0.4) is 0 Å². The number of nitrogens with zero attached hydrogens (tertiary/aromatic N) is 1. The molecular weight excluding hydrogens is 282 g/mol. The van der Waals surface area contributed by atoms with Crippen molar-refractivity contribution in [1.29, 1.82) is 0 Å². The second-order valence-electron chi connectivity index (χ2n) is 3.99. The van der Waals surface area contributed by atoms with Gasteiger partial charge in [0.25, 0.3) is 5.69 Å². The Hall–Kier alpha value is -2.68. The van der Waals surface area contributed by atoms with Crippen molar-refractivity contribution in [3.63, 3.8) is 0 Å². The summed E-state index contributed by atoms with van der Waals surface area (Å²) in [5.41, 5.74) is -0.525. The van der Waals surface area contributed by atoms with Crippen LogP contribution < -0.4 is 10.6 Å². The number of hydrogen-bond acceptors (Lipinski definition) is 6. The highest BCUT2D eigenvalue weighted by Crippen LogP contribution is 2.25. The fourth-order valence-corrected chi connectivity index (χ4v) is 1.50. The highest BCUT2D eigenvalue weighted by molar-refractivity contribution is 5.90. The van der Waals surface area contributed by atoms with Gasteiger partial charge < -0.3 is 20.5 Å². The molecule has 0 saturated carbocycles. The highest BCUT2D eigenvalue weighted by Gasteiger charge is 2.17. The van der Waals surface area contributed by atoms with Gasteiger partial charge in [-0.2, -0.15) is 0 Å². The lowest BCUT2D eigenvalue weighted by Crippen LogP contribution is -2.32. The molecule has 0 fully saturated rings. The first-order valence-corrected chi connectivity index (χ1v) is 5.97. The molecule has 0 unspecified atom stereocenters. The van der Waals surface area contributed by atoms with Gasteiger partial charge >= 0.3 is 5.97 Å². The molecule has 0 aliphatic rings. The average molecular weight is 297 g/mol. The van der Waals surface area contributed by atoms with E-state index in [0.717, 1.165) is 6.07 Å². The summed E-state index contributed by atoms with van der Waals surface area (Å²) in [6.07, 6.45) is 0. The predicted molar refractivity (Wildman–Crippen MR) is 73.4 cm³/mol. The summed E-state index contributed by atoms with van der Waals surface area (Å²) in [5.74, 6) is -1.62. The summed E-state index contributed by atoms with van der Waals surface area (Å²) in [6.45, 7) is 0.521. The maximum Gasteiger partial charge on any atom is 0.335 e. The zero-order valence-electron chi connectivity index (χ0n) is 11.3. The van der Waals surface area contributed by atoms with Crippen molar-refractivity contribution in [2.45, 2.75) is 0 Å². The van der Waals surface area contributed by atoms with E-state index in [1.54, 1.807) is 0 Å². The van der Waals surface area contributed by atoms with Crippen LogP contribution in [-0.2, 0) is 9.53 Å². The number of carboxylic acid groups (broad SMARTS) is 1. The fourth-order valence-electron chi connectivity index (χ4n) is 1.50. The third-order valence-corrected chi connectivity index (χ3v) is 2.51. The van der Waals surface area contributed by atoms with Crippen LogP contribution >= 0.6 is 0 Å². The minimum Gasteiger partial charge on any atom is -0.478 e. The number of nitrogens with one attached hydrogen (secondary N) is 2. The zero-order chi connectivity index (χ0) is 15.8. The molecule has 0 saturated heterocycles. The van der Waals surface area contributed by atoms with Crippen molar-refractivity contribution in [1.82, 2.24) is 5.32 Å². The van der Waals surface area contributed by atoms with Crippen LogP contribution in [0.5, 0.6) is 0 Å². The molecule has 0 radical (unpaired) electrons. The summed E-state index contributed by atoms with van der Waals surface area (Å²) in [4.78, 5) is 32.4. The standard InChI is InChI=1S/C12H15N3O6/c1-21-5-4-13-11(16)7-14-9-3-2-8(12(17)18)6-10(9)15(19)20/h2-3,6,14H,4-5,7H2,1H3,(H,13,16)(H,17,18). The van der Waals surface area contributed by atoms with Crippen LogP contribution in [0.2, 0.25) is 0 Å². The molecule has 0 bridgehead atoms. The monoisotopic (exact) mass is 297 g/mol. The van der Waals surface area contributed by atoms with Gasteiger partial charge in [-0.25, -0.2) is 4.79 Å². The van der Waals surface area contributed by atoms with Gasteiger partial charge in [0.05, 0.1) is 23.6 Å². The first-order chi connectivity index (χ1) is 9.95. The molecule has 3 N–H and O–H groups in total. The van der Waals surface area contributed by atoms with Gasteiger partial charge in [0.1, 0.15) is 5.69 Å². The predicted octanol–water partition coefficient (Wildman–Crippen LogP) is 0.467. The summed E-state index contributed by atoms with van der Waals surface area (Å²) in [5, 5.41) is 24.9. The topological polar surface area (TPSA) is 131 Å². The van der Waals surface area contributed by atoms with Crippen molar-refractivity contribution in [2.75, 3.05) is 32.1 Å². The third-order valence-electron chi connectivity index (χ3n) is 2.51. The highest BCUT2D eigenvalue weighted by atomic mass is 16.6. The van der Waals surface area contributed by atoms with E-state index in [1.807, 2.05) is 0 Å². The summed E-state index contributed by atoms with van der Waals surface area (Å²) in [7, 11) is 1.50. The number of carbonyl (C=O) groups is 2. The second-order valence-corrected chi connectivity index (χ2v) is 3.99. The van der Waals surface area contributed by atoms with E-state index in [-0.39, 0.29) is 23.7 Å². The summed E-state index contributed by atoms with van der Waals surface area (Å²) >= 11 is 0. The number of ether oxygens (including phenoxy) is 1. The van der Waals surface area contributed by atoms with Gasteiger partial charge in [-0.1, -0.05) is 0 Å². The van der Waals surface area contributed by atoms with Crippen molar-refractivity contribution < 1.29 is 24.4 Å². The molecule has 21 heavy (non-hydrogen) atoms. The molecule has 9 heteroatoms. The first-order valence-electron chi connectivity index (χ1n) is 5.97. The Morgan fingerprint density at radius 2 is 2.14 bits per heavy atom. The number of hydrogen-bond donors (Lipinski definition) is 3. The van der Waals surface area contributed by atoms with Crippen LogP contribution in [-0.4, -0.2) is 48.7 Å². The molecule has 0 atom stereocenters. The number of amides is 1. The average Bonchev–Trinajstić information content (AvgIpc) is 2.45. The quantitative estimate of drug-likeness (QED) is 0.361. The number of carboxylic acids is 1. The number of nitro benzene ring substituents is 1. The Morgan fingerprint density at radius 1 is 1.43 bits per heavy atom. The third kappa shape index (κ3) is 5.07. The van der Waals surface area contributed by atoms with Crippen molar-refractivity contribution in [2.24, 2.45) is 0 Å². The molecule has 9 nitrogen and oxygen atoms in total. The number of rotatable bonds is 8. The second kappa shape index (κ2) is 7.80. The van der Waals surface area contributed by atoms with Gasteiger partial charge in [-0.3, -0.25) is 14.9 Å². The van der Waals surface area contributed by atoms with Gasteiger partial charge in [0.15, 0.2) is 0 Å². The SMILES string of the molecule is COCCNC(=O)CNc1ccc(C(=O)O)cc1[N+](=O)[O-]. The van der Waals surface area contributed by atoms with Crippen LogP contribution in [0.25, 0.3) is 0 Å². The van der Waals surface area contributed by atoms with Crippen LogP contribution in [0, 0.1) is 10.1 Å². The van der Waals surface area contributed by atoms with Crippen LogP contribution in [0.4, 0.5) is 11.4 Å². The van der Waals surface area contributed by atoms with Gasteiger partial charge in [0, 0.05) is 19.7 Å². The number of aromatic carboxylic acids is 1. The molecule has 1 amide bonds. The van der Waals surface area contributed by atoms with Crippen LogP contribution in [0.1, 0.15) is 10.4 Å². The smallest absolute Gasteiger partial charge is 0.335 e. The van der Waals surface area contributed by atoms with E-state index in [1.165, 1.54) is 19.2 Å². The minimum absolute atomic E-state index is 0.0758. The van der Waals surface area contributed by atoms with E-state index in [4.69, 9.17) is 9.84 Å². The van der Waals surface area contributed by atoms with E-state index >= 15 is 0 Å². The lowest BCUT2D eigenvalue weighted by molar-refractivity contribution is -0.384. The Balaban J connectivity index is 2.72. The molecule has 0 spiro atoms. The van der Waals surface area contributed by atoms with Crippen LogP contribution in [0.15, 0.2) is 18.2 Å². The Kier molecular flexibility index (Phi) is 6.08. The van der Waals surface area contributed by atoms with E-state index in [9.17, 15) is 19.7 Å². The van der Waals surface area contributed by atoms with E-state index in [0.29, 0.717) is 13.2 Å². The lowest BCUT2D eigenvalue weighted by Gasteiger charge is -2.08. The van der Waals surface area contributed by atoms with Crippen molar-refractivity contribution in [3.8, 4) is 0 Å². The minimum atomic E-state index is -1.26. The van der Waals surface area contributed by atoms with Gasteiger partial charge in [-0.05, 0) is 12.1 Å². The number of anilines is 1. The maximum atomic E-state index is 11.5. The molecule has 0 heterocycles. The fraction of sp³-hybridized carbons (Fsp3) is 0.333. The normalized spacial score (nSPS) is 9.95. The molecule has 1 rings (SSSR count). The van der Waals surface area contributed by atoms with Gasteiger partial charge in [0.2, 0.25) is 5.91 Å². The van der Waals surface area contributed by atoms with Crippen molar-refractivity contribution >= 4 is 23.3 Å². The molecule has 0 aliphatic heterocycles. The molecular formula is C12H15N3O6. The molecule has 1 aromatic carbocycles. The largest absolute Gasteiger partial charge is 0.478 e. The molecule has 0 aromatic heterocycles. The number of nitro groups is 1. The summed E-state index contributed by atoms with van der Waals surface area (Å²) in [6, 6.07) is 3.41.